The lowest BCUT2D eigenvalue weighted by Gasteiger charge is -2.21. The second-order valence-corrected chi connectivity index (χ2v) is 5.83. The molecule has 0 saturated carbocycles. The summed E-state index contributed by atoms with van der Waals surface area (Å²) in [6.45, 7) is 2.16. The van der Waals surface area contributed by atoms with E-state index >= 15 is 0 Å². The molecular weight excluding hydrogens is 322 g/mol. The Morgan fingerprint density at radius 1 is 1.28 bits per heavy atom. The van der Waals surface area contributed by atoms with Crippen LogP contribution in [0.2, 0.25) is 0 Å². The maximum atomic E-state index is 12.6. The van der Waals surface area contributed by atoms with E-state index < -0.39 is 5.97 Å². The number of aryl methyl sites for hydroxylation is 1. The molecule has 0 atom stereocenters. The van der Waals surface area contributed by atoms with Crippen molar-refractivity contribution in [3.05, 3.63) is 58.6 Å². The van der Waals surface area contributed by atoms with Crippen molar-refractivity contribution in [3.8, 4) is 5.75 Å². The van der Waals surface area contributed by atoms with Gasteiger partial charge < -0.3 is 18.8 Å². The largest absolute Gasteiger partial charge is 0.488 e. The van der Waals surface area contributed by atoms with Crippen LogP contribution in [0.4, 0.5) is 0 Å². The van der Waals surface area contributed by atoms with Gasteiger partial charge in [-0.1, -0.05) is 18.2 Å². The van der Waals surface area contributed by atoms with Crippen molar-refractivity contribution in [2.24, 2.45) is 0 Å². The van der Waals surface area contributed by atoms with E-state index in [4.69, 9.17) is 13.9 Å². The second-order valence-electron chi connectivity index (χ2n) is 5.83. The molecule has 1 aliphatic heterocycles. The summed E-state index contributed by atoms with van der Waals surface area (Å²) in [5.74, 6) is 1.15. The zero-order chi connectivity index (χ0) is 18.0. The summed E-state index contributed by atoms with van der Waals surface area (Å²) < 4.78 is 15.9. The number of carbonyl (C=O) groups excluding carboxylic acids is 2. The third kappa shape index (κ3) is 3.42. The van der Waals surface area contributed by atoms with Gasteiger partial charge in [-0.25, -0.2) is 4.79 Å². The van der Waals surface area contributed by atoms with Crippen LogP contribution in [-0.4, -0.2) is 37.5 Å². The van der Waals surface area contributed by atoms with Gasteiger partial charge in [-0.3, -0.25) is 4.79 Å². The van der Waals surface area contributed by atoms with Crippen LogP contribution < -0.4 is 4.74 Å². The summed E-state index contributed by atoms with van der Waals surface area (Å²) in [7, 11) is 3.00. The molecule has 1 aliphatic rings. The average molecular weight is 341 g/mol. The Bertz CT molecular complexity index is 849. The van der Waals surface area contributed by atoms with E-state index in [0.29, 0.717) is 22.7 Å². The van der Waals surface area contributed by atoms with Crippen LogP contribution in [0, 0.1) is 6.92 Å². The molecule has 0 saturated heterocycles. The van der Waals surface area contributed by atoms with E-state index in [1.54, 1.807) is 20.0 Å². The van der Waals surface area contributed by atoms with Gasteiger partial charge in [-0.15, -0.1) is 0 Å². The Morgan fingerprint density at radius 2 is 2.04 bits per heavy atom. The molecule has 0 unspecified atom stereocenters. The molecule has 0 bridgehead atoms. The third-order valence-corrected chi connectivity index (χ3v) is 4.02. The van der Waals surface area contributed by atoms with Gasteiger partial charge >= 0.3 is 5.97 Å². The molecule has 6 heteroatoms. The number of amides is 1. The Kier molecular flexibility index (Phi) is 4.61. The van der Waals surface area contributed by atoms with Gasteiger partial charge in [0, 0.05) is 12.6 Å². The number of methoxy groups -OCH3 is 1. The van der Waals surface area contributed by atoms with Crippen LogP contribution in [0.15, 0.2) is 40.3 Å². The quantitative estimate of drug-likeness (QED) is 0.800. The highest BCUT2D eigenvalue weighted by atomic mass is 16.5. The summed E-state index contributed by atoms with van der Waals surface area (Å²) >= 11 is 0. The van der Waals surface area contributed by atoms with Crippen molar-refractivity contribution < 1.29 is 23.5 Å². The number of benzene rings is 1. The number of hydrogen-bond donors (Lipinski definition) is 0. The molecular formula is C19H19NO5. The fraction of sp³-hybridized carbons (Fsp3) is 0.263. The lowest BCUT2D eigenvalue weighted by atomic mass is 10.1. The number of rotatable bonds is 4. The summed E-state index contributed by atoms with van der Waals surface area (Å²) in [5, 5.41) is 0. The monoisotopic (exact) mass is 341 g/mol. The first kappa shape index (κ1) is 16.8. The maximum absolute atomic E-state index is 12.6. The predicted molar refractivity (Wildman–Crippen MR) is 91.2 cm³/mol. The average Bonchev–Trinajstić information content (AvgIpc) is 3.00. The number of fused-ring (bicyclic) bond motifs is 1. The van der Waals surface area contributed by atoms with Crippen LogP contribution in [0.3, 0.4) is 0 Å². The van der Waals surface area contributed by atoms with Crippen molar-refractivity contribution in [2.45, 2.75) is 13.5 Å². The number of nitrogens with zero attached hydrogens (tertiary/aromatic N) is 1. The molecule has 6 nitrogen and oxygen atoms in total. The molecule has 1 aromatic heterocycles. The Hall–Kier alpha value is -3.02. The molecule has 130 valence electrons. The highest BCUT2D eigenvalue weighted by molar-refractivity contribution is 5.99. The van der Waals surface area contributed by atoms with E-state index in [1.807, 2.05) is 30.3 Å². The first-order valence-electron chi connectivity index (χ1n) is 7.85. The lowest BCUT2D eigenvalue weighted by molar-refractivity contribution is -0.126. The number of ether oxygens (including phenoxy) is 2. The summed E-state index contributed by atoms with van der Waals surface area (Å²) in [4.78, 5) is 25.8. The number of hydrogen-bond acceptors (Lipinski definition) is 5. The summed E-state index contributed by atoms with van der Waals surface area (Å²) in [6, 6.07) is 9.17. The zero-order valence-electron chi connectivity index (χ0n) is 14.4. The molecule has 0 spiro atoms. The minimum Gasteiger partial charge on any atom is -0.488 e. The van der Waals surface area contributed by atoms with Gasteiger partial charge in [-0.05, 0) is 25.1 Å². The Labute approximate surface area is 145 Å². The third-order valence-electron chi connectivity index (χ3n) is 4.02. The van der Waals surface area contributed by atoms with E-state index in [-0.39, 0.29) is 19.1 Å². The molecule has 2 heterocycles. The minimum atomic E-state index is -0.457. The first-order valence-corrected chi connectivity index (χ1v) is 7.85. The van der Waals surface area contributed by atoms with E-state index in [9.17, 15) is 9.59 Å². The fourth-order valence-corrected chi connectivity index (χ4v) is 2.72. The number of carbonyl (C=O) groups is 2. The van der Waals surface area contributed by atoms with Crippen LogP contribution in [-0.2, 0) is 16.1 Å². The summed E-state index contributed by atoms with van der Waals surface area (Å²) in [6.07, 6.45) is 1.84. The molecule has 3 rings (SSSR count). The van der Waals surface area contributed by atoms with Crippen LogP contribution >= 0.6 is 0 Å². The fourth-order valence-electron chi connectivity index (χ4n) is 2.72. The summed E-state index contributed by atoms with van der Waals surface area (Å²) in [5.41, 5.74) is 1.82. The van der Waals surface area contributed by atoms with Crippen molar-refractivity contribution >= 4 is 18.0 Å². The zero-order valence-corrected chi connectivity index (χ0v) is 14.4. The smallest absolute Gasteiger partial charge is 0.341 e. The molecule has 0 radical (unpaired) electrons. The van der Waals surface area contributed by atoms with Crippen molar-refractivity contribution in [2.75, 3.05) is 20.8 Å². The van der Waals surface area contributed by atoms with Crippen LogP contribution in [0.25, 0.3) is 6.08 Å². The van der Waals surface area contributed by atoms with Gasteiger partial charge in [0.25, 0.3) is 5.91 Å². The van der Waals surface area contributed by atoms with Gasteiger partial charge in [0.05, 0.1) is 19.2 Å². The van der Waals surface area contributed by atoms with Gasteiger partial charge in [0.2, 0.25) is 0 Å². The van der Waals surface area contributed by atoms with Crippen LogP contribution in [0.5, 0.6) is 5.75 Å². The number of esters is 1. The van der Waals surface area contributed by atoms with Crippen LogP contribution in [0.1, 0.15) is 27.4 Å². The highest BCUT2D eigenvalue weighted by Gasteiger charge is 2.22. The second kappa shape index (κ2) is 6.84. The normalized spacial score (nSPS) is 12.7. The molecule has 25 heavy (non-hydrogen) atoms. The Morgan fingerprint density at radius 3 is 2.80 bits per heavy atom. The maximum Gasteiger partial charge on any atom is 0.341 e. The molecule has 1 aromatic carbocycles. The molecule has 0 aliphatic carbocycles. The lowest BCUT2D eigenvalue weighted by Crippen LogP contribution is -2.30. The van der Waals surface area contributed by atoms with Gasteiger partial charge in [0.15, 0.2) is 0 Å². The molecule has 2 aromatic rings. The number of furan rings is 1. The van der Waals surface area contributed by atoms with Crippen molar-refractivity contribution in [3.63, 3.8) is 0 Å². The van der Waals surface area contributed by atoms with E-state index in [1.165, 1.54) is 12.0 Å². The van der Waals surface area contributed by atoms with Gasteiger partial charge in [-0.2, -0.15) is 0 Å². The van der Waals surface area contributed by atoms with Crippen molar-refractivity contribution in [1.82, 2.24) is 4.90 Å². The Balaban J connectivity index is 1.74. The topological polar surface area (TPSA) is 69.0 Å². The SMILES string of the molecule is COC(=O)c1cc(CN(C)C(=O)C2=Cc3ccccc3OC2)oc1C. The molecule has 0 fully saturated rings. The predicted octanol–water partition coefficient (Wildman–Crippen LogP) is 2.81. The number of para-hydroxylation sites is 1. The van der Waals surface area contributed by atoms with E-state index in [2.05, 4.69) is 0 Å². The minimum absolute atomic E-state index is 0.150. The first-order chi connectivity index (χ1) is 12.0. The molecule has 1 amide bonds. The highest BCUT2D eigenvalue weighted by Crippen LogP contribution is 2.26. The standard InChI is InChI=1S/C19H19NO5/c1-12-16(19(22)23-3)9-15(25-12)10-20(2)18(21)14-8-13-6-4-5-7-17(13)24-11-14/h4-9H,10-11H2,1-3H3. The van der Waals surface area contributed by atoms with E-state index in [0.717, 1.165) is 11.3 Å². The van der Waals surface area contributed by atoms with Crippen molar-refractivity contribution in [1.29, 1.82) is 0 Å². The van der Waals surface area contributed by atoms with Gasteiger partial charge in [0.1, 0.15) is 29.4 Å². The number of likely N-dealkylation sites (N-methyl/N-ethyl adjacent to an activating group) is 1. The molecule has 0 N–H and O–H groups in total.